The van der Waals surface area contributed by atoms with Gasteiger partial charge < -0.3 is 29.2 Å². The Morgan fingerprint density at radius 2 is 1.96 bits per heavy atom. The summed E-state index contributed by atoms with van der Waals surface area (Å²) >= 11 is 0. The number of nitro groups is 1. The highest BCUT2D eigenvalue weighted by Gasteiger charge is 2.50. The van der Waals surface area contributed by atoms with Crippen LogP contribution in [0.1, 0.15) is 12.5 Å². The first-order valence-electron chi connectivity index (χ1n) is 8.04. The number of nitrogens with zero attached hydrogens (tertiary/aromatic N) is 1. The van der Waals surface area contributed by atoms with Gasteiger partial charge in [-0.05, 0) is 12.5 Å². The van der Waals surface area contributed by atoms with Crippen LogP contribution in [0.25, 0.3) is 0 Å². The molecule has 10 nitrogen and oxygen atoms in total. The van der Waals surface area contributed by atoms with Gasteiger partial charge in [-0.2, -0.15) is 0 Å². The van der Waals surface area contributed by atoms with Gasteiger partial charge in [-0.25, -0.2) is 4.79 Å². The SMILES string of the molecule is CCOC(=O)O[C@H]1[C@H](OCc2ccccc2)[C@@H](O)C(O)O[C@@H]1C[N+](=O)[O-]. The lowest BCUT2D eigenvalue weighted by Gasteiger charge is -2.40. The molecule has 0 aliphatic carbocycles. The van der Waals surface area contributed by atoms with E-state index in [0.717, 1.165) is 5.56 Å². The topological polar surface area (TPSA) is 138 Å². The van der Waals surface area contributed by atoms with Gasteiger partial charge in [0, 0.05) is 4.92 Å². The van der Waals surface area contributed by atoms with Crippen LogP contribution in [0.2, 0.25) is 0 Å². The number of carbonyl (C=O) groups is 1. The maximum Gasteiger partial charge on any atom is 0.508 e. The van der Waals surface area contributed by atoms with Crippen LogP contribution in [0, 0.1) is 10.1 Å². The van der Waals surface area contributed by atoms with Gasteiger partial charge in [0.2, 0.25) is 6.54 Å². The average Bonchev–Trinajstić information content (AvgIpc) is 2.59. The smallest absolute Gasteiger partial charge is 0.435 e. The Morgan fingerprint density at radius 3 is 2.58 bits per heavy atom. The second kappa shape index (κ2) is 9.43. The van der Waals surface area contributed by atoms with Gasteiger partial charge in [0.15, 0.2) is 18.5 Å². The number of hydrogen-bond acceptors (Lipinski definition) is 9. The van der Waals surface area contributed by atoms with Gasteiger partial charge >= 0.3 is 6.16 Å². The van der Waals surface area contributed by atoms with Crippen molar-refractivity contribution >= 4 is 6.16 Å². The third-order valence-electron chi connectivity index (χ3n) is 3.74. The van der Waals surface area contributed by atoms with Crippen LogP contribution in [-0.2, 0) is 25.6 Å². The monoisotopic (exact) mass is 371 g/mol. The molecule has 0 bridgehead atoms. The summed E-state index contributed by atoms with van der Waals surface area (Å²) in [6.07, 6.45) is -8.25. The number of hydrogen-bond donors (Lipinski definition) is 2. The number of aliphatic hydroxyl groups excluding tert-OH is 2. The zero-order valence-corrected chi connectivity index (χ0v) is 14.1. The van der Waals surface area contributed by atoms with E-state index in [2.05, 4.69) is 4.74 Å². The second-order valence-electron chi connectivity index (χ2n) is 5.60. The molecule has 1 aromatic carbocycles. The Morgan fingerprint density at radius 1 is 1.27 bits per heavy atom. The van der Waals surface area contributed by atoms with Crippen molar-refractivity contribution < 1.29 is 38.9 Å². The van der Waals surface area contributed by atoms with Crippen LogP contribution in [-0.4, -0.2) is 65.1 Å². The summed E-state index contributed by atoms with van der Waals surface area (Å²) in [5.74, 6) is 0. The molecule has 26 heavy (non-hydrogen) atoms. The molecule has 0 spiro atoms. The third-order valence-corrected chi connectivity index (χ3v) is 3.74. The summed E-state index contributed by atoms with van der Waals surface area (Å²) in [6.45, 7) is 0.879. The van der Waals surface area contributed by atoms with Crippen molar-refractivity contribution in [3.8, 4) is 0 Å². The molecule has 0 radical (unpaired) electrons. The minimum atomic E-state index is -1.72. The molecule has 5 atom stereocenters. The lowest BCUT2D eigenvalue weighted by Crippen LogP contribution is -2.61. The fraction of sp³-hybridized carbons (Fsp3) is 0.562. The predicted octanol–water partition coefficient (Wildman–Crippen LogP) is 0.468. The van der Waals surface area contributed by atoms with Crippen molar-refractivity contribution in [1.82, 2.24) is 0 Å². The third kappa shape index (κ3) is 5.36. The summed E-state index contributed by atoms with van der Waals surface area (Å²) in [6, 6.07) is 8.94. The van der Waals surface area contributed by atoms with Gasteiger partial charge in [0.25, 0.3) is 0 Å². The molecule has 144 valence electrons. The van der Waals surface area contributed by atoms with Gasteiger partial charge in [-0.1, -0.05) is 30.3 Å². The van der Waals surface area contributed by atoms with Crippen LogP contribution in [0.3, 0.4) is 0 Å². The quantitative estimate of drug-likeness (QED) is 0.398. The Balaban J connectivity index is 2.17. The molecule has 1 saturated heterocycles. The van der Waals surface area contributed by atoms with E-state index in [0.29, 0.717) is 0 Å². The van der Waals surface area contributed by atoms with E-state index in [1.807, 2.05) is 6.07 Å². The Bertz CT molecular complexity index is 597. The van der Waals surface area contributed by atoms with Crippen molar-refractivity contribution in [2.45, 2.75) is 44.2 Å². The van der Waals surface area contributed by atoms with Gasteiger partial charge in [-0.15, -0.1) is 0 Å². The van der Waals surface area contributed by atoms with Crippen molar-refractivity contribution in [1.29, 1.82) is 0 Å². The van der Waals surface area contributed by atoms with Gasteiger partial charge in [0.05, 0.1) is 13.2 Å². The first-order valence-corrected chi connectivity index (χ1v) is 8.04. The largest absolute Gasteiger partial charge is 0.508 e. The van der Waals surface area contributed by atoms with Gasteiger partial charge in [0.1, 0.15) is 12.2 Å². The highest BCUT2D eigenvalue weighted by atomic mass is 16.7. The van der Waals surface area contributed by atoms with E-state index >= 15 is 0 Å². The average molecular weight is 371 g/mol. The lowest BCUT2D eigenvalue weighted by molar-refractivity contribution is -0.502. The summed E-state index contributed by atoms with van der Waals surface area (Å²) < 4.78 is 20.4. The van der Waals surface area contributed by atoms with Crippen LogP contribution < -0.4 is 0 Å². The Hall–Kier alpha value is -2.27. The molecule has 2 rings (SSSR count). The molecule has 0 aromatic heterocycles. The molecule has 1 heterocycles. The number of benzene rings is 1. The van der Waals surface area contributed by atoms with Gasteiger partial charge in [-0.3, -0.25) is 10.1 Å². The van der Waals surface area contributed by atoms with Crippen LogP contribution in [0.15, 0.2) is 30.3 Å². The zero-order valence-electron chi connectivity index (χ0n) is 14.1. The van der Waals surface area contributed by atoms with Crippen molar-refractivity contribution in [3.63, 3.8) is 0 Å². The van der Waals surface area contributed by atoms with Crippen LogP contribution >= 0.6 is 0 Å². The highest BCUT2D eigenvalue weighted by molar-refractivity contribution is 5.60. The molecule has 0 amide bonds. The minimum absolute atomic E-state index is 0.0309. The molecule has 1 aliphatic rings. The van der Waals surface area contributed by atoms with Crippen molar-refractivity contribution in [2.24, 2.45) is 0 Å². The summed E-state index contributed by atoms with van der Waals surface area (Å²) in [7, 11) is 0. The van der Waals surface area contributed by atoms with E-state index in [1.54, 1.807) is 31.2 Å². The molecule has 10 heteroatoms. The normalized spacial score (nSPS) is 28.3. The van der Waals surface area contributed by atoms with E-state index in [9.17, 15) is 25.1 Å². The fourth-order valence-electron chi connectivity index (χ4n) is 2.57. The second-order valence-corrected chi connectivity index (χ2v) is 5.60. The van der Waals surface area contributed by atoms with Crippen molar-refractivity contribution in [2.75, 3.05) is 13.2 Å². The Kier molecular flexibility index (Phi) is 7.27. The van der Waals surface area contributed by atoms with E-state index in [4.69, 9.17) is 14.2 Å². The number of ether oxygens (including phenoxy) is 4. The first-order chi connectivity index (χ1) is 12.4. The molecule has 1 unspecified atom stereocenters. The molecule has 2 N–H and O–H groups in total. The molecule has 1 aliphatic heterocycles. The van der Waals surface area contributed by atoms with E-state index in [1.165, 1.54) is 0 Å². The zero-order chi connectivity index (χ0) is 19.1. The summed E-state index contributed by atoms with van der Waals surface area (Å²) in [4.78, 5) is 21.9. The lowest BCUT2D eigenvalue weighted by atomic mass is 9.98. The number of rotatable bonds is 7. The Labute approximate surface area is 149 Å². The number of aliphatic hydroxyl groups is 2. The molecule has 0 saturated carbocycles. The minimum Gasteiger partial charge on any atom is -0.435 e. The number of carbonyl (C=O) groups excluding carboxylic acids is 1. The fourth-order valence-corrected chi connectivity index (χ4v) is 2.57. The van der Waals surface area contributed by atoms with E-state index < -0.39 is 48.3 Å². The standard InChI is InChI=1S/C16H21NO9/c1-2-23-16(20)26-13-11(8-17(21)22)25-15(19)12(18)14(13)24-9-10-6-4-3-5-7-10/h3-7,11-15,18-19H,2,8-9H2,1H3/t11-,12-,13-,14-,15?/m1/s1. The summed E-state index contributed by atoms with van der Waals surface area (Å²) in [5, 5.41) is 30.9. The van der Waals surface area contributed by atoms with E-state index in [-0.39, 0.29) is 13.2 Å². The van der Waals surface area contributed by atoms with Crippen LogP contribution in [0.4, 0.5) is 4.79 Å². The maximum atomic E-state index is 11.7. The maximum absolute atomic E-state index is 11.7. The summed E-state index contributed by atoms with van der Waals surface area (Å²) in [5.41, 5.74) is 0.765. The molecule has 1 fully saturated rings. The molecule has 1 aromatic rings. The highest BCUT2D eigenvalue weighted by Crippen LogP contribution is 2.26. The first kappa shape index (κ1) is 20.0. The predicted molar refractivity (Wildman–Crippen MR) is 85.7 cm³/mol. The van der Waals surface area contributed by atoms with Crippen molar-refractivity contribution in [3.05, 3.63) is 46.0 Å². The van der Waals surface area contributed by atoms with Crippen LogP contribution in [0.5, 0.6) is 0 Å². The molecular formula is C16H21NO9. The molecular weight excluding hydrogens is 350 g/mol.